The Hall–Kier alpha value is -2.30. The summed E-state index contributed by atoms with van der Waals surface area (Å²) in [5, 5.41) is 2.91. The van der Waals surface area contributed by atoms with E-state index in [4.69, 9.17) is 4.74 Å². The second-order valence-corrected chi connectivity index (χ2v) is 4.42. The summed E-state index contributed by atoms with van der Waals surface area (Å²) in [6.07, 6.45) is 0. The molecule has 2 rings (SSSR count). The average Bonchev–Trinajstić information content (AvgIpc) is 2.38. The minimum atomic E-state index is 0.535. The van der Waals surface area contributed by atoms with E-state index in [1.54, 1.807) is 7.05 Å². The topological polar surface area (TPSA) is 50.3 Å². The molecule has 0 bridgehead atoms. The van der Waals surface area contributed by atoms with Gasteiger partial charge in [0.05, 0.1) is 0 Å². The molecule has 0 saturated carbocycles. The zero-order valence-electron chi connectivity index (χ0n) is 11.6. The largest absolute Gasteiger partial charge is 0.439 e. The molecule has 5 heteroatoms. The first-order valence-corrected chi connectivity index (χ1v) is 6.07. The van der Waals surface area contributed by atoms with Crippen molar-refractivity contribution in [1.29, 1.82) is 0 Å². The first-order valence-electron chi connectivity index (χ1n) is 6.07. The van der Waals surface area contributed by atoms with E-state index >= 15 is 0 Å². The van der Waals surface area contributed by atoms with E-state index in [0.29, 0.717) is 11.8 Å². The van der Waals surface area contributed by atoms with Crippen LogP contribution in [0.1, 0.15) is 5.69 Å². The molecule has 1 aromatic carbocycles. The molecule has 0 spiro atoms. The molecule has 0 aliphatic carbocycles. The lowest BCUT2D eigenvalue weighted by Gasteiger charge is -2.14. The quantitative estimate of drug-likeness (QED) is 0.913. The van der Waals surface area contributed by atoms with Crippen molar-refractivity contribution in [1.82, 2.24) is 9.97 Å². The van der Waals surface area contributed by atoms with E-state index in [1.165, 1.54) is 0 Å². The number of hydrogen-bond acceptors (Lipinski definition) is 5. The molecule has 2 aromatic rings. The van der Waals surface area contributed by atoms with Gasteiger partial charge in [0.15, 0.2) is 0 Å². The summed E-state index contributed by atoms with van der Waals surface area (Å²) in [6.45, 7) is 1.91. The van der Waals surface area contributed by atoms with Crippen molar-refractivity contribution in [2.24, 2.45) is 0 Å². The highest BCUT2D eigenvalue weighted by molar-refractivity contribution is 5.50. The normalized spacial score (nSPS) is 10.1. The van der Waals surface area contributed by atoms with Gasteiger partial charge in [0.2, 0.25) is 11.8 Å². The molecular formula is C14H18N4O. The van der Waals surface area contributed by atoms with Crippen molar-refractivity contribution >= 4 is 11.6 Å². The van der Waals surface area contributed by atoms with Crippen LogP contribution in [0.15, 0.2) is 30.3 Å². The van der Waals surface area contributed by atoms with Crippen LogP contribution in [0.4, 0.5) is 11.6 Å². The summed E-state index contributed by atoms with van der Waals surface area (Å²) in [6, 6.07) is 9.66. The fourth-order valence-corrected chi connectivity index (χ4v) is 1.65. The molecule has 5 nitrogen and oxygen atoms in total. The summed E-state index contributed by atoms with van der Waals surface area (Å²) in [4.78, 5) is 10.5. The smallest absolute Gasteiger partial charge is 0.225 e. The number of aromatic nitrogens is 2. The Morgan fingerprint density at radius 3 is 2.63 bits per heavy atom. The first kappa shape index (κ1) is 13.1. The third kappa shape index (κ3) is 3.34. The zero-order chi connectivity index (χ0) is 13.8. The van der Waals surface area contributed by atoms with Gasteiger partial charge in [-0.15, -0.1) is 0 Å². The van der Waals surface area contributed by atoms with Crippen LogP contribution in [0.2, 0.25) is 0 Å². The highest BCUT2D eigenvalue weighted by Gasteiger charge is 2.04. The van der Waals surface area contributed by atoms with Crippen LogP contribution < -0.4 is 15.0 Å². The molecule has 0 aliphatic heterocycles. The van der Waals surface area contributed by atoms with Crippen LogP contribution in [0, 0.1) is 6.92 Å². The van der Waals surface area contributed by atoms with Crippen LogP contribution >= 0.6 is 0 Å². The highest BCUT2D eigenvalue weighted by Crippen LogP contribution is 2.24. The SMILES string of the molecule is CNc1nc(C)cc(Oc2cccc(N(C)C)c2)n1. The summed E-state index contributed by atoms with van der Waals surface area (Å²) >= 11 is 0. The Morgan fingerprint density at radius 2 is 1.95 bits per heavy atom. The standard InChI is InChI=1S/C14H18N4O/c1-10-8-13(17-14(15-2)16-10)19-12-7-5-6-11(9-12)18(3)4/h5-9H,1-4H3,(H,15,16,17). The number of benzene rings is 1. The number of aryl methyl sites for hydroxylation is 1. The van der Waals surface area contributed by atoms with Crippen LogP contribution in [0.25, 0.3) is 0 Å². The minimum absolute atomic E-state index is 0.535. The summed E-state index contributed by atoms with van der Waals surface area (Å²) in [7, 11) is 5.77. The molecule has 0 amide bonds. The lowest BCUT2D eigenvalue weighted by molar-refractivity contribution is 0.462. The first-order chi connectivity index (χ1) is 9.08. The maximum absolute atomic E-state index is 5.77. The molecule has 0 fully saturated rings. The van der Waals surface area contributed by atoms with E-state index in [9.17, 15) is 0 Å². The number of hydrogen-bond donors (Lipinski definition) is 1. The predicted molar refractivity (Wildman–Crippen MR) is 77.2 cm³/mol. The van der Waals surface area contributed by atoms with E-state index in [0.717, 1.165) is 17.1 Å². The van der Waals surface area contributed by atoms with Crippen molar-refractivity contribution in [3.8, 4) is 11.6 Å². The molecule has 0 atom stereocenters. The van der Waals surface area contributed by atoms with Crippen molar-refractivity contribution in [3.05, 3.63) is 36.0 Å². The van der Waals surface area contributed by atoms with Gasteiger partial charge in [-0.3, -0.25) is 0 Å². The molecule has 0 saturated heterocycles. The van der Waals surface area contributed by atoms with E-state index in [2.05, 4.69) is 15.3 Å². The monoisotopic (exact) mass is 258 g/mol. The Morgan fingerprint density at radius 1 is 1.16 bits per heavy atom. The lowest BCUT2D eigenvalue weighted by Crippen LogP contribution is -2.08. The lowest BCUT2D eigenvalue weighted by atomic mass is 10.3. The zero-order valence-corrected chi connectivity index (χ0v) is 11.6. The van der Waals surface area contributed by atoms with E-state index in [-0.39, 0.29) is 0 Å². The van der Waals surface area contributed by atoms with Gasteiger partial charge >= 0.3 is 0 Å². The second kappa shape index (κ2) is 5.56. The summed E-state index contributed by atoms with van der Waals surface area (Å²) in [5.41, 5.74) is 1.94. The summed E-state index contributed by atoms with van der Waals surface area (Å²) < 4.78 is 5.77. The molecular weight excluding hydrogens is 240 g/mol. The van der Waals surface area contributed by atoms with Gasteiger partial charge in [-0.05, 0) is 19.1 Å². The second-order valence-electron chi connectivity index (χ2n) is 4.42. The van der Waals surface area contributed by atoms with Crippen molar-refractivity contribution in [2.45, 2.75) is 6.92 Å². The fraction of sp³-hybridized carbons (Fsp3) is 0.286. The Labute approximate surface area is 113 Å². The van der Waals surface area contributed by atoms with E-state index < -0.39 is 0 Å². The van der Waals surface area contributed by atoms with Crippen LogP contribution in [-0.2, 0) is 0 Å². The van der Waals surface area contributed by atoms with Crippen molar-refractivity contribution < 1.29 is 4.74 Å². The van der Waals surface area contributed by atoms with Gasteiger partial charge in [-0.1, -0.05) is 6.07 Å². The van der Waals surface area contributed by atoms with Gasteiger partial charge in [0, 0.05) is 44.7 Å². The fourth-order valence-electron chi connectivity index (χ4n) is 1.65. The van der Waals surface area contributed by atoms with Crippen LogP contribution in [-0.4, -0.2) is 31.1 Å². The van der Waals surface area contributed by atoms with Gasteiger partial charge in [0.25, 0.3) is 0 Å². The van der Waals surface area contributed by atoms with E-state index in [1.807, 2.05) is 56.3 Å². The predicted octanol–water partition coefficient (Wildman–Crippen LogP) is 2.69. The molecule has 1 heterocycles. The van der Waals surface area contributed by atoms with Gasteiger partial charge in [-0.25, -0.2) is 4.98 Å². The molecule has 0 unspecified atom stereocenters. The Balaban J connectivity index is 2.25. The minimum Gasteiger partial charge on any atom is -0.439 e. The maximum Gasteiger partial charge on any atom is 0.225 e. The molecule has 0 radical (unpaired) electrons. The molecule has 19 heavy (non-hydrogen) atoms. The maximum atomic E-state index is 5.77. The number of nitrogens with zero attached hydrogens (tertiary/aromatic N) is 3. The third-order valence-corrected chi connectivity index (χ3v) is 2.61. The number of ether oxygens (including phenoxy) is 1. The average molecular weight is 258 g/mol. The Bertz CT molecular complexity index is 569. The van der Waals surface area contributed by atoms with Crippen molar-refractivity contribution in [3.63, 3.8) is 0 Å². The van der Waals surface area contributed by atoms with Gasteiger partial charge in [0.1, 0.15) is 5.75 Å². The van der Waals surface area contributed by atoms with Crippen molar-refractivity contribution in [2.75, 3.05) is 31.4 Å². The Kier molecular flexibility index (Phi) is 3.85. The van der Waals surface area contributed by atoms with Crippen LogP contribution in [0.5, 0.6) is 11.6 Å². The highest BCUT2D eigenvalue weighted by atomic mass is 16.5. The van der Waals surface area contributed by atoms with Gasteiger partial charge < -0.3 is 15.0 Å². The number of rotatable bonds is 4. The molecule has 0 aliphatic rings. The number of anilines is 2. The molecule has 1 aromatic heterocycles. The molecule has 1 N–H and O–H groups in total. The van der Waals surface area contributed by atoms with Crippen LogP contribution in [0.3, 0.4) is 0 Å². The number of nitrogens with one attached hydrogen (secondary N) is 1. The third-order valence-electron chi connectivity index (χ3n) is 2.61. The van der Waals surface area contributed by atoms with Gasteiger partial charge in [-0.2, -0.15) is 4.98 Å². The summed E-state index contributed by atoms with van der Waals surface area (Å²) in [5.74, 6) is 1.85. The molecule has 100 valence electrons.